The zero-order valence-corrected chi connectivity index (χ0v) is 15.1. The number of carbonyl (C=O) groups excluding carboxylic acids is 2. The molecule has 24 heavy (non-hydrogen) atoms. The summed E-state index contributed by atoms with van der Waals surface area (Å²) in [6.45, 7) is 4.64. The minimum Gasteiger partial charge on any atom is -0.354 e. The van der Waals surface area contributed by atoms with Gasteiger partial charge in [-0.25, -0.2) is 8.42 Å². The average Bonchev–Trinajstić information content (AvgIpc) is 2.51. The van der Waals surface area contributed by atoms with Gasteiger partial charge in [-0.1, -0.05) is 13.8 Å². The van der Waals surface area contributed by atoms with E-state index < -0.39 is 10.0 Å². The highest BCUT2D eigenvalue weighted by molar-refractivity contribution is 7.92. The summed E-state index contributed by atoms with van der Waals surface area (Å²) < 4.78 is 24.6. The molecule has 0 spiro atoms. The molecule has 0 fully saturated rings. The molecule has 134 valence electrons. The number of carbonyl (C=O) groups is 2. The first-order chi connectivity index (χ1) is 11.3. The van der Waals surface area contributed by atoms with E-state index in [2.05, 4.69) is 15.4 Å². The van der Waals surface area contributed by atoms with Crippen molar-refractivity contribution in [3.8, 4) is 0 Å². The summed E-state index contributed by atoms with van der Waals surface area (Å²) in [5.41, 5.74) is 0.812. The fraction of sp³-hybridized carbons (Fsp3) is 0.500. The maximum Gasteiger partial charge on any atom is 0.251 e. The van der Waals surface area contributed by atoms with E-state index in [0.717, 1.165) is 19.1 Å². The molecule has 0 bridgehead atoms. The molecule has 0 radical (unpaired) electrons. The van der Waals surface area contributed by atoms with Gasteiger partial charge in [0.05, 0.1) is 6.26 Å². The number of sulfonamides is 1. The van der Waals surface area contributed by atoms with E-state index in [9.17, 15) is 18.0 Å². The number of amides is 2. The largest absolute Gasteiger partial charge is 0.354 e. The minimum absolute atomic E-state index is 0.00505. The Bertz CT molecular complexity index is 652. The standard InChI is InChI=1S/C16H25N3O4S/c1-4-12(5-2)15(20)17-10-11-18-16(21)13-6-8-14(9-7-13)19-24(3,22)23/h6-9,12,19H,4-5,10-11H2,1-3H3,(H,17,20)(H,18,21). The van der Waals surface area contributed by atoms with Gasteiger partial charge in [0.2, 0.25) is 15.9 Å². The van der Waals surface area contributed by atoms with Crippen LogP contribution in [0.5, 0.6) is 0 Å². The highest BCUT2D eigenvalue weighted by atomic mass is 32.2. The van der Waals surface area contributed by atoms with Gasteiger partial charge in [0.15, 0.2) is 0 Å². The third kappa shape index (κ3) is 6.99. The van der Waals surface area contributed by atoms with Gasteiger partial charge in [0.1, 0.15) is 0 Å². The van der Waals surface area contributed by atoms with Crippen LogP contribution in [0.2, 0.25) is 0 Å². The Kier molecular flexibility index (Phi) is 7.70. The highest BCUT2D eigenvalue weighted by Crippen LogP contribution is 2.10. The van der Waals surface area contributed by atoms with Crippen molar-refractivity contribution in [1.29, 1.82) is 0 Å². The van der Waals surface area contributed by atoms with Crippen LogP contribution in [0, 0.1) is 5.92 Å². The zero-order chi connectivity index (χ0) is 18.2. The molecule has 8 heteroatoms. The van der Waals surface area contributed by atoms with Crippen LogP contribution in [0.4, 0.5) is 5.69 Å². The molecular formula is C16H25N3O4S. The molecule has 1 rings (SSSR count). The van der Waals surface area contributed by atoms with Crippen molar-refractivity contribution in [1.82, 2.24) is 10.6 Å². The molecule has 1 aromatic carbocycles. The summed E-state index contributed by atoms with van der Waals surface area (Å²) in [6, 6.07) is 6.10. The van der Waals surface area contributed by atoms with Crippen molar-refractivity contribution in [2.24, 2.45) is 5.92 Å². The lowest BCUT2D eigenvalue weighted by molar-refractivity contribution is -0.125. The van der Waals surface area contributed by atoms with Crippen molar-refractivity contribution >= 4 is 27.5 Å². The molecule has 3 N–H and O–H groups in total. The zero-order valence-electron chi connectivity index (χ0n) is 14.3. The van der Waals surface area contributed by atoms with E-state index in [-0.39, 0.29) is 17.7 Å². The van der Waals surface area contributed by atoms with Gasteiger partial charge in [-0.05, 0) is 37.1 Å². The highest BCUT2D eigenvalue weighted by Gasteiger charge is 2.13. The molecule has 0 heterocycles. The Balaban J connectivity index is 2.42. The Morgan fingerprint density at radius 1 is 1.00 bits per heavy atom. The molecule has 0 aromatic heterocycles. The van der Waals surface area contributed by atoms with Crippen molar-refractivity contribution in [2.45, 2.75) is 26.7 Å². The smallest absolute Gasteiger partial charge is 0.251 e. The molecule has 0 aliphatic carbocycles. The maximum absolute atomic E-state index is 12.0. The third-order valence-corrected chi connectivity index (χ3v) is 4.12. The van der Waals surface area contributed by atoms with Crippen molar-refractivity contribution < 1.29 is 18.0 Å². The van der Waals surface area contributed by atoms with Gasteiger partial charge in [0, 0.05) is 30.3 Å². The molecule has 0 atom stereocenters. The van der Waals surface area contributed by atoms with Crippen molar-refractivity contribution in [3.05, 3.63) is 29.8 Å². The second kappa shape index (κ2) is 9.27. The van der Waals surface area contributed by atoms with E-state index in [4.69, 9.17) is 0 Å². The number of benzene rings is 1. The van der Waals surface area contributed by atoms with E-state index >= 15 is 0 Å². The van der Waals surface area contributed by atoms with Crippen LogP contribution < -0.4 is 15.4 Å². The summed E-state index contributed by atoms with van der Waals surface area (Å²) in [4.78, 5) is 23.8. The number of rotatable bonds is 9. The number of hydrogen-bond donors (Lipinski definition) is 3. The van der Waals surface area contributed by atoms with E-state index in [1.54, 1.807) is 0 Å². The van der Waals surface area contributed by atoms with Crippen LogP contribution in [0.15, 0.2) is 24.3 Å². The van der Waals surface area contributed by atoms with E-state index in [0.29, 0.717) is 24.3 Å². The predicted molar refractivity (Wildman–Crippen MR) is 94.3 cm³/mol. The Labute approximate surface area is 143 Å². The average molecular weight is 355 g/mol. The van der Waals surface area contributed by atoms with Crippen LogP contribution in [-0.4, -0.2) is 39.6 Å². The summed E-state index contributed by atoms with van der Waals surface area (Å²) in [5.74, 6) is -0.265. The summed E-state index contributed by atoms with van der Waals surface area (Å²) in [7, 11) is -3.34. The number of nitrogens with one attached hydrogen (secondary N) is 3. The fourth-order valence-electron chi connectivity index (χ4n) is 2.17. The normalized spacial score (nSPS) is 11.2. The van der Waals surface area contributed by atoms with Crippen molar-refractivity contribution in [2.75, 3.05) is 24.1 Å². The molecule has 0 aliphatic heterocycles. The Morgan fingerprint density at radius 3 is 2.04 bits per heavy atom. The minimum atomic E-state index is -3.34. The second-order valence-corrected chi connectivity index (χ2v) is 7.26. The lowest BCUT2D eigenvalue weighted by Crippen LogP contribution is -2.37. The summed E-state index contributed by atoms with van der Waals surface area (Å²) >= 11 is 0. The number of anilines is 1. The third-order valence-electron chi connectivity index (χ3n) is 3.52. The monoisotopic (exact) mass is 355 g/mol. The van der Waals surface area contributed by atoms with Gasteiger partial charge in [-0.3, -0.25) is 14.3 Å². The Morgan fingerprint density at radius 2 is 1.54 bits per heavy atom. The van der Waals surface area contributed by atoms with Gasteiger partial charge in [-0.15, -0.1) is 0 Å². The lowest BCUT2D eigenvalue weighted by Gasteiger charge is -2.13. The first-order valence-electron chi connectivity index (χ1n) is 7.90. The van der Waals surface area contributed by atoms with Crippen LogP contribution >= 0.6 is 0 Å². The van der Waals surface area contributed by atoms with Crippen molar-refractivity contribution in [3.63, 3.8) is 0 Å². The van der Waals surface area contributed by atoms with Crippen LogP contribution in [0.1, 0.15) is 37.0 Å². The Hall–Kier alpha value is -2.09. The van der Waals surface area contributed by atoms with E-state index in [1.165, 1.54) is 24.3 Å². The van der Waals surface area contributed by atoms with Crippen LogP contribution in [0.3, 0.4) is 0 Å². The second-order valence-electron chi connectivity index (χ2n) is 5.51. The molecule has 1 aromatic rings. The molecule has 7 nitrogen and oxygen atoms in total. The van der Waals surface area contributed by atoms with Crippen LogP contribution in [0.25, 0.3) is 0 Å². The van der Waals surface area contributed by atoms with Gasteiger partial charge >= 0.3 is 0 Å². The molecule has 0 unspecified atom stereocenters. The lowest BCUT2D eigenvalue weighted by atomic mass is 10.0. The van der Waals surface area contributed by atoms with Gasteiger partial charge < -0.3 is 10.6 Å². The quantitative estimate of drug-likeness (QED) is 0.581. The van der Waals surface area contributed by atoms with Crippen LogP contribution in [-0.2, 0) is 14.8 Å². The SMILES string of the molecule is CCC(CC)C(=O)NCCNC(=O)c1ccc(NS(C)(=O)=O)cc1. The first-order valence-corrected chi connectivity index (χ1v) is 9.79. The molecular weight excluding hydrogens is 330 g/mol. The number of hydrogen-bond acceptors (Lipinski definition) is 4. The summed E-state index contributed by atoms with van der Waals surface area (Å²) in [5, 5.41) is 5.50. The summed E-state index contributed by atoms with van der Waals surface area (Å²) in [6.07, 6.45) is 2.65. The first kappa shape index (κ1) is 20.0. The topological polar surface area (TPSA) is 104 Å². The molecule has 0 aliphatic rings. The molecule has 0 saturated heterocycles. The fourth-order valence-corrected chi connectivity index (χ4v) is 2.74. The predicted octanol–water partition coefficient (Wildman–Crippen LogP) is 1.34. The molecule has 2 amide bonds. The van der Waals surface area contributed by atoms with Gasteiger partial charge in [0.25, 0.3) is 5.91 Å². The molecule has 0 saturated carbocycles. The van der Waals surface area contributed by atoms with Gasteiger partial charge in [-0.2, -0.15) is 0 Å². The van der Waals surface area contributed by atoms with E-state index in [1.807, 2.05) is 13.8 Å². The maximum atomic E-state index is 12.0.